The highest BCUT2D eigenvalue weighted by atomic mass is 35.5. The molecule has 2 aromatic rings. The van der Waals surface area contributed by atoms with Gasteiger partial charge in [0.2, 0.25) is 0 Å². The lowest BCUT2D eigenvalue weighted by Gasteiger charge is -2.41. The van der Waals surface area contributed by atoms with Crippen molar-refractivity contribution in [2.24, 2.45) is 0 Å². The van der Waals surface area contributed by atoms with Crippen molar-refractivity contribution in [3.63, 3.8) is 0 Å². The second kappa shape index (κ2) is 11.3. The van der Waals surface area contributed by atoms with Crippen LogP contribution in [0, 0.1) is 0 Å². The van der Waals surface area contributed by atoms with Crippen LogP contribution in [0.2, 0.25) is 0 Å². The van der Waals surface area contributed by atoms with Crippen molar-refractivity contribution in [2.45, 2.75) is 37.6 Å². The first-order chi connectivity index (χ1) is 14.2. The Kier molecular flexibility index (Phi) is 8.46. The van der Waals surface area contributed by atoms with Gasteiger partial charge in [0.15, 0.2) is 6.10 Å². The summed E-state index contributed by atoms with van der Waals surface area (Å²) in [5.74, 6) is -0.897. The van der Waals surface area contributed by atoms with Crippen LogP contribution in [0.25, 0.3) is 0 Å². The third kappa shape index (κ3) is 6.26. The summed E-state index contributed by atoms with van der Waals surface area (Å²) in [4.78, 5) is 11.9. The Morgan fingerprint density at radius 2 is 1.55 bits per heavy atom. The zero-order valence-electron chi connectivity index (χ0n) is 16.0. The normalized spacial score (nSPS) is 24.2. The van der Waals surface area contributed by atoms with Crippen LogP contribution in [0.1, 0.15) is 11.1 Å². The van der Waals surface area contributed by atoms with Crippen molar-refractivity contribution in [3.05, 3.63) is 71.8 Å². The Morgan fingerprint density at radius 1 is 0.966 bits per heavy atom. The predicted octanol–water partition coefficient (Wildman–Crippen LogP) is 2.70. The van der Waals surface area contributed by atoms with E-state index < -0.39 is 30.4 Å². The van der Waals surface area contributed by atoms with Gasteiger partial charge in [-0.2, -0.15) is 0 Å². The summed E-state index contributed by atoms with van der Waals surface area (Å²) >= 11 is 5.61. The molecule has 7 heteroatoms. The van der Waals surface area contributed by atoms with Crippen LogP contribution >= 0.6 is 11.6 Å². The summed E-state index contributed by atoms with van der Waals surface area (Å²) in [5, 5.41) is 9.70. The van der Waals surface area contributed by atoms with Gasteiger partial charge in [-0.1, -0.05) is 60.7 Å². The topological polar surface area (TPSA) is 74.2 Å². The molecular weight excluding hydrogens is 396 g/mol. The number of carbonyl (C=O) groups excluding carboxylic acids is 1. The summed E-state index contributed by atoms with van der Waals surface area (Å²) in [6, 6.07) is 19.4. The van der Waals surface area contributed by atoms with Gasteiger partial charge >= 0.3 is 5.97 Å². The molecule has 6 nitrogen and oxygen atoms in total. The van der Waals surface area contributed by atoms with E-state index in [1.54, 1.807) is 0 Å². The molecule has 0 amide bonds. The minimum absolute atomic E-state index is 0.215. The number of benzene rings is 2. The molecule has 0 radical (unpaired) electrons. The molecule has 1 fully saturated rings. The fourth-order valence-electron chi connectivity index (χ4n) is 3.20. The molecule has 0 aliphatic carbocycles. The lowest BCUT2D eigenvalue weighted by Crippen LogP contribution is -2.57. The van der Waals surface area contributed by atoms with Crippen molar-refractivity contribution in [3.8, 4) is 0 Å². The lowest BCUT2D eigenvalue weighted by atomic mass is 9.99. The molecule has 1 aliphatic heterocycles. The molecule has 1 aliphatic rings. The lowest BCUT2D eigenvalue weighted by molar-refractivity contribution is -0.237. The Hall–Kier alpha value is -1.96. The molecule has 0 aromatic heterocycles. The first kappa shape index (κ1) is 21.7. The van der Waals surface area contributed by atoms with Crippen molar-refractivity contribution in [1.29, 1.82) is 0 Å². The Labute approximate surface area is 175 Å². The number of alkyl halides is 1. The Bertz CT molecular complexity index is 741. The Balaban J connectivity index is 1.74. The van der Waals surface area contributed by atoms with E-state index in [9.17, 15) is 9.90 Å². The maximum atomic E-state index is 11.9. The van der Waals surface area contributed by atoms with Gasteiger partial charge in [0.1, 0.15) is 24.2 Å². The van der Waals surface area contributed by atoms with Crippen LogP contribution in [0.4, 0.5) is 0 Å². The highest BCUT2D eigenvalue weighted by Crippen LogP contribution is 2.26. The van der Waals surface area contributed by atoms with Crippen LogP contribution in [0.5, 0.6) is 0 Å². The van der Waals surface area contributed by atoms with E-state index in [0.717, 1.165) is 11.1 Å². The Morgan fingerprint density at radius 3 is 2.10 bits per heavy atom. The van der Waals surface area contributed by atoms with Crippen molar-refractivity contribution >= 4 is 17.6 Å². The van der Waals surface area contributed by atoms with Gasteiger partial charge in [0, 0.05) is 0 Å². The van der Waals surface area contributed by atoms with Gasteiger partial charge in [0.05, 0.1) is 26.4 Å². The minimum Gasteiger partial charge on any atom is -0.456 e. The number of carbonyl (C=O) groups is 1. The smallest absolute Gasteiger partial charge is 0.321 e. The second-order valence-corrected chi connectivity index (χ2v) is 7.01. The van der Waals surface area contributed by atoms with Gasteiger partial charge in [-0.15, -0.1) is 11.6 Å². The van der Waals surface area contributed by atoms with E-state index in [4.69, 9.17) is 30.5 Å². The number of aliphatic hydroxyl groups excluding tert-OH is 1. The van der Waals surface area contributed by atoms with E-state index in [1.165, 1.54) is 0 Å². The number of halogens is 1. The average molecular weight is 421 g/mol. The number of esters is 1. The molecular formula is C22H25ClO6. The van der Waals surface area contributed by atoms with E-state index in [0.29, 0.717) is 13.2 Å². The van der Waals surface area contributed by atoms with Gasteiger partial charge in [-0.05, 0) is 11.1 Å². The van der Waals surface area contributed by atoms with E-state index >= 15 is 0 Å². The van der Waals surface area contributed by atoms with Crippen LogP contribution in [0.3, 0.4) is 0 Å². The monoisotopic (exact) mass is 420 g/mol. The average Bonchev–Trinajstić information content (AvgIpc) is 2.78. The number of hydrogen-bond acceptors (Lipinski definition) is 6. The van der Waals surface area contributed by atoms with Gasteiger partial charge < -0.3 is 24.1 Å². The number of aliphatic hydroxyl groups is 1. The van der Waals surface area contributed by atoms with Crippen molar-refractivity contribution in [1.82, 2.24) is 0 Å². The van der Waals surface area contributed by atoms with Crippen molar-refractivity contribution < 1.29 is 28.8 Å². The molecule has 3 rings (SSSR count). The van der Waals surface area contributed by atoms with Crippen molar-refractivity contribution in [2.75, 3.05) is 19.1 Å². The first-order valence-corrected chi connectivity index (χ1v) is 10.0. The summed E-state index contributed by atoms with van der Waals surface area (Å²) in [7, 11) is 0. The quantitative estimate of drug-likeness (QED) is 0.496. The van der Waals surface area contributed by atoms with Gasteiger partial charge in [-0.25, -0.2) is 0 Å². The molecule has 1 saturated heterocycles. The van der Waals surface area contributed by atoms with Crippen LogP contribution in [-0.4, -0.2) is 54.6 Å². The predicted molar refractivity (Wildman–Crippen MR) is 107 cm³/mol. The highest BCUT2D eigenvalue weighted by molar-refractivity contribution is 6.26. The molecule has 1 N–H and O–H groups in total. The van der Waals surface area contributed by atoms with Gasteiger partial charge in [0.25, 0.3) is 0 Å². The van der Waals surface area contributed by atoms with Gasteiger partial charge in [-0.3, -0.25) is 4.79 Å². The van der Waals surface area contributed by atoms with E-state index in [-0.39, 0.29) is 19.1 Å². The summed E-state index contributed by atoms with van der Waals surface area (Å²) in [6.45, 7) is 0.576. The van der Waals surface area contributed by atoms with Crippen LogP contribution < -0.4 is 0 Å². The first-order valence-electron chi connectivity index (χ1n) is 9.50. The molecule has 1 heterocycles. The minimum atomic E-state index is -0.829. The standard InChI is InChI=1S/C22H25ClO6/c23-11-20(25)29-22-18(12-24)27-15-19(26-13-16-7-3-1-4-8-16)21(22)28-14-17-9-5-2-6-10-17/h1-10,18-19,21-22,24H,11-15H2/t18-,19+,21-,22-/m1/s1. The summed E-state index contributed by atoms with van der Waals surface area (Å²) in [5.41, 5.74) is 1.98. The maximum absolute atomic E-state index is 11.9. The molecule has 4 atom stereocenters. The number of hydrogen-bond donors (Lipinski definition) is 1. The molecule has 0 saturated carbocycles. The maximum Gasteiger partial charge on any atom is 0.321 e. The van der Waals surface area contributed by atoms with Crippen LogP contribution in [0.15, 0.2) is 60.7 Å². The highest BCUT2D eigenvalue weighted by Gasteiger charge is 2.44. The fourth-order valence-corrected chi connectivity index (χ4v) is 3.27. The SMILES string of the molecule is O=C(CCl)O[C@H]1[C@H](OCc2ccccc2)[C@@H](OCc2ccccc2)CO[C@@H]1CO. The molecule has 0 unspecified atom stereocenters. The summed E-state index contributed by atoms with van der Waals surface area (Å²) in [6.07, 6.45) is -2.63. The third-order valence-electron chi connectivity index (χ3n) is 4.68. The fraction of sp³-hybridized carbons (Fsp3) is 0.409. The third-order valence-corrected chi connectivity index (χ3v) is 4.90. The molecule has 2 aromatic carbocycles. The molecule has 156 valence electrons. The summed E-state index contributed by atoms with van der Waals surface area (Å²) < 4.78 is 23.3. The second-order valence-electron chi connectivity index (χ2n) is 6.74. The largest absolute Gasteiger partial charge is 0.456 e. The van der Waals surface area contributed by atoms with E-state index in [2.05, 4.69) is 0 Å². The van der Waals surface area contributed by atoms with Crippen LogP contribution in [-0.2, 0) is 37.0 Å². The molecule has 29 heavy (non-hydrogen) atoms. The zero-order valence-corrected chi connectivity index (χ0v) is 16.7. The number of rotatable bonds is 9. The zero-order chi connectivity index (χ0) is 20.5. The molecule has 0 spiro atoms. The molecule has 0 bridgehead atoms. The number of ether oxygens (including phenoxy) is 4. The van der Waals surface area contributed by atoms with E-state index in [1.807, 2.05) is 60.7 Å².